The van der Waals surface area contributed by atoms with E-state index in [1.165, 1.54) is 21.5 Å². The molecule has 3 nitrogen and oxygen atoms in total. The number of aryl methyl sites for hydroxylation is 1. The van der Waals surface area contributed by atoms with Crippen LogP contribution in [0.3, 0.4) is 0 Å². The summed E-state index contributed by atoms with van der Waals surface area (Å²) in [7, 11) is 0. The van der Waals surface area contributed by atoms with Gasteiger partial charge in [-0.15, -0.1) is 0 Å². The average Bonchev–Trinajstić information content (AvgIpc) is 3.08. The molecule has 0 saturated heterocycles. The summed E-state index contributed by atoms with van der Waals surface area (Å²) in [6.45, 7) is 2.00. The highest BCUT2D eigenvalue weighted by Crippen LogP contribution is 2.34. The maximum atomic E-state index is 4.88. The lowest BCUT2D eigenvalue weighted by molar-refractivity contribution is 1.17. The SMILES string of the molecule is Cc1cccc(-c2nc3c4ccccc4c4ccccc4c3[nH]2)n1. The van der Waals surface area contributed by atoms with Crippen molar-refractivity contribution in [1.29, 1.82) is 0 Å². The van der Waals surface area contributed by atoms with Crippen molar-refractivity contribution in [3.63, 3.8) is 0 Å². The van der Waals surface area contributed by atoms with Crippen molar-refractivity contribution in [2.75, 3.05) is 0 Å². The molecule has 0 saturated carbocycles. The Bertz CT molecular complexity index is 1150. The summed E-state index contributed by atoms with van der Waals surface area (Å²) in [5, 5.41) is 4.84. The van der Waals surface area contributed by atoms with Crippen LogP contribution in [0.1, 0.15) is 5.69 Å². The third-order valence-electron chi connectivity index (χ3n) is 4.50. The first-order valence-electron chi connectivity index (χ1n) is 8.04. The standard InChI is InChI=1S/C21H15N3/c1-13-7-6-12-18(22-13)21-23-19-16-10-4-2-8-14(16)15-9-3-5-11-17(15)20(19)24-21/h2-12H,1H3,(H,23,24). The van der Waals surface area contributed by atoms with Gasteiger partial charge in [0.05, 0.1) is 11.0 Å². The van der Waals surface area contributed by atoms with E-state index in [1.54, 1.807) is 0 Å². The minimum atomic E-state index is 0.815. The van der Waals surface area contributed by atoms with E-state index in [4.69, 9.17) is 4.98 Å². The Kier molecular flexibility index (Phi) is 2.71. The molecule has 2 aromatic heterocycles. The predicted octanol–water partition coefficient (Wildman–Crippen LogP) is 5.24. The Morgan fingerprint density at radius 1 is 0.667 bits per heavy atom. The maximum Gasteiger partial charge on any atom is 0.157 e. The number of rotatable bonds is 1. The molecule has 0 fully saturated rings. The number of pyridine rings is 1. The second-order valence-corrected chi connectivity index (χ2v) is 6.06. The fourth-order valence-corrected chi connectivity index (χ4v) is 3.42. The smallest absolute Gasteiger partial charge is 0.157 e. The van der Waals surface area contributed by atoms with Gasteiger partial charge >= 0.3 is 0 Å². The zero-order valence-electron chi connectivity index (χ0n) is 13.2. The Morgan fingerprint density at radius 3 is 2.08 bits per heavy atom. The van der Waals surface area contributed by atoms with Crippen LogP contribution in [0, 0.1) is 6.92 Å². The van der Waals surface area contributed by atoms with E-state index < -0.39 is 0 Å². The van der Waals surface area contributed by atoms with Crippen molar-refractivity contribution < 1.29 is 0 Å². The molecule has 24 heavy (non-hydrogen) atoms. The number of hydrogen-bond acceptors (Lipinski definition) is 2. The van der Waals surface area contributed by atoms with Crippen molar-refractivity contribution >= 4 is 32.6 Å². The second kappa shape index (κ2) is 4.90. The first-order chi connectivity index (χ1) is 11.8. The molecule has 0 amide bonds. The van der Waals surface area contributed by atoms with Crippen molar-refractivity contribution in [3.8, 4) is 11.5 Å². The minimum Gasteiger partial charge on any atom is -0.336 e. The number of hydrogen-bond donors (Lipinski definition) is 1. The van der Waals surface area contributed by atoms with Gasteiger partial charge in [-0.3, -0.25) is 0 Å². The molecular weight excluding hydrogens is 294 g/mol. The number of H-pyrrole nitrogens is 1. The van der Waals surface area contributed by atoms with Crippen LogP contribution in [0.4, 0.5) is 0 Å². The molecule has 114 valence electrons. The van der Waals surface area contributed by atoms with Crippen LogP contribution in [-0.2, 0) is 0 Å². The normalized spacial score (nSPS) is 11.5. The number of fused-ring (bicyclic) bond motifs is 6. The topological polar surface area (TPSA) is 41.6 Å². The average molecular weight is 309 g/mol. The van der Waals surface area contributed by atoms with Crippen LogP contribution < -0.4 is 0 Å². The Hall–Kier alpha value is -3.20. The minimum absolute atomic E-state index is 0.815. The zero-order chi connectivity index (χ0) is 16.1. The molecule has 0 aliphatic rings. The molecule has 0 aliphatic heterocycles. The van der Waals surface area contributed by atoms with Crippen LogP contribution in [0.25, 0.3) is 44.1 Å². The number of aromatic nitrogens is 3. The molecule has 0 aliphatic carbocycles. The van der Waals surface area contributed by atoms with Crippen molar-refractivity contribution in [3.05, 3.63) is 72.4 Å². The fourth-order valence-electron chi connectivity index (χ4n) is 3.42. The Morgan fingerprint density at radius 2 is 1.33 bits per heavy atom. The summed E-state index contributed by atoms with van der Waals surface area (Å²) < 4.78 is 0. The molecule has 1 N–H and O–H groups in total. The van der Waals surface area contributed by atoms with Gasteiger partial charge in [0.2, 0.25) is 0 Å². The molecule has 0 spiro atoms. The molecule has 0 atom stereocenters. The quantitative estimate of drug-likeness (QED) is 0.430. The van der Waals surface area contributed by atoms with E-state index in [0.29, 0.717) is 0 Å². The van der Waals surface area contributed by atoms with Gasteiger partial charge < -0.3 is 4.98 Å². The second-order valence-electron chi connectivity index (χ2n) is 6.06. The molecule has 2 heterocycles. The summed E-state index contributed by atoms with van der Waals surface area (Å²) >= 11 is 0. The van der Waals surface area contributed by atoms with Crippen molar-refractivity contribution in [2.45, 2.75) is 6.92 Å². The van der Waals surface area contributed by atoms with Gasteiger partial charge in [0.1, 0.15) is 5.69 Å². The molecule has 5 rings (SSSR count). The van der Waals surface area contributed by atoms with E-state index in [1.807, 2.05) is 25.1 Å². The van der Waals surface area contributed by atoms with E-state index in [9.17, 15) is 0 Å². The summed E-state index contributed by atoms with van der Waals surface area (Å²) in [5.74, 6) is 0.815. The predicted molar refractivity (Wildman–Crippen MR) is 99.1 cm³/mol. The highest BCUT2D eigenvalue weighted by atomic mass is 15.0. The highest BCUT2D eigenvalue weighted by molar-refractivity contribution is 6.23. The van der Waals surface area contributed by atoms with Gasteiger partial charge in [0.15, 0.2) is 5.82 Å². The number of nitrogens with one attached hydrogen (secondary N) is 1. The molecule has 0 radical (unpaired) electrons. The third kappa shape index (κ3) is 1.85. The van der Waals surface area contributed by atoms with Crippen LogP contribution in [0.2, 0.25) is 0 Å². The van der Waals surface area contributed by atoms with Gasteiger partial charge in [-0.05, 0) is 29.8 Å². The largest absolute Gasteiger partial charge is 0.336 e. The Labute approximate surface area is 139 Å². The lowest BCUT2D eigenvalue weighted by Gasteiger charge is -2.05. The molecule has 0 unspecified atom stereocenters. The fraction of sp³-hybridized carbons (Fsp3) is 0.0476. The summed E-state index contributed by atoms with van der Waals surface area (Å²) in [4.78, 5) is 13.0. The van der Waals surface area contributed by atoms with Gasteiger partial charge in [-0.2, -0.15) is 0 Å². The van der Waals surface area contributed by atoms with Crippen molar-refractivity contribution in [1.82, 2.24) is 15.0 Å². The number of nitrogens with zero attached hydrogens (tertiary/aromatic N) is 2. The first kappa shape index (κ1) is 13.3. The van der Waals surface area contributed by atoms with E-state index in [2.05, 4.69) is 58.5 Å². The summed E-state index contributed by atoms with van der Waals surface area (Å²) in [6.07, 6.45) is 0. The van der Waals surface area contributed by atoms with Gasteiger partial charge in [-0.25, -0.2) is 9.97 Å². The van der Waals surface area contributed by atoms with E-state index in [0.717, 1.165) is 28.2 Å². The first-order valence-corrected chi connectivity index (χ1v) is 8.04. The number of aromatic amines is 1. The van der Waals surface area contributed by atoms with Gasteiger partial charge in [0.25, 0.3) is 0 Å². The van der Waals surface area contributed by atoms with Gasteiger partial charge in [0, 0.05) is 16.5 Å². The number of imidazole rings is 1. The van der Waals surface area contributed by atoms with Crippen LogP contribution in [-0.4, -0.2) is 15.0 Å². The molecule has 3 aromatic carbocycles. The van der Waals surface area contributed by atoms with Gasteiger partial charge in [-0.1, -0.05) is 54.6 Å². The zero-order valence-corrected chi connectivity index (χ0v) is 13.2. The lowest BCUT2D eigenvalue weighted by Crippen LogP contribution is -1.87. The van der Waals surface area contributed by atoms with Crippen LogP contribution in [0.15, 0.2) is 66.7 Å². The summed E-state index contributed by atoms with van der Waals surface area (Å²) in [6, 6.07) is 22.9. The summed E-state index contributed by atoms with van der Waals surface area (Å²) in [5.41, 5.74) is 3.94. The van der Waals surface area contributed by atoms with Crippen LogP contribution >= 0.6 is 0 Å². The molecule has 3 heteroatoms. The van der Waals surface area contributed by atoms with E-state index >= 15 is 0 Å². The monoisotopic (exact) mass is 309 g/mol. The van der Waals surface area contributed by atoms with Crippen molar-refractivity contribution in [2.24, 2.45) is 0 Å². The lowest BCUT2D eigenvalue weighted by atomic mass is 10.0. The molecule has 5 aromatic rings. The highest BCUT2D eigenvalue weighted by Gasteiger charge is 2.13. The maximum absolute atomic E-state index is 4.88. The van der Waals surface area contributed by atoms with Crippen LogP contribution in [0.5, 0.6) is 0 Å². The Balaban J connectivity index is 1.95. The molecular formula is C21H15N3. The third-order valence-corrected chi connectivity index (χ3v) is 4.50. The van der Waals surface area contributed by atoms with E-state index in [-0.39, 0.29) is 0 Å². The number of benzene rings is 3. The molecule has 0 bridgehead atoms.